The van der Waals surface area contributed by atoms with Crippen LogP contribution in [-0.2, 0) is 11.2 Å². The molecular formula is C15H21FN2O. The molecular weight excluding hydrogens is 243 g/mol. The predicted octanol–water partition coefficient (Wildman–Crippen LogP) is 2.10. The second-order valence-electron chi connectivity index (χ2n) is 5.32. The Balaban J connectivity index is 1.96. The summed E-state index contributed by atoms with van der Waals surface area (Å²) >= 11 is 0. The van der Waals surface area contributed by atoms with E-state index < -0.39 is 0 Å². The number of nitrogens with two attached hydrogens (primary N) is 1. The normalized spacial score (nSPS) is 23.1. The maximum absolute atomic E-state index is 12.8. The Kier molecular flexibility index (Phi) is 4.53. The Morgan fingerprint density at radius 2 is 1.95 bits per heavy atom. The van der Waals surface area contributed by atoms with Gasteiger partial charge in [0.15, 0.2) is 0 Å². The second kappa shape index (κ2) is 6.15. The Morgan fingerprint density at radius 3 is 2.58 bits per heavy atom. The van der Waals surface area contributed by atoms with Crippen molar-refractivity contribution in [1.82, 2.24) is 4.90 Å². The SMILES string of the molecule is CN(C(=O)Cc1ccc(F)cc1)C1CCCCC1N. The lowest BCUT2D eigenvalue weighted by atomic mass is 9.90. The quantitative estimate of drug-likeness (QED) is 0.908. The summed E-state index contributed by atoms with van der Waals surface area (Å²) in [6.07, 6.45) is 4.55. The lowest BCUT2D eigenvalue weighted by Crippen LogP contribution is -2.50. The van der Waals surface area contributed by atoms with Gasteiger partial charge in [-0.1, -0.05) is 25.0 Å². The minimum Gasteiger partial charge on any atom is -0.341 e. The van der Waals surface area contributed by atoms with E-state index in [1.165, 1.54) is 12.1 Å². The molecule has 0 spiro atoms. The van der Waals surface area contributed by atoms with E-state index in [1.807, 2.05) is 7.05 Å². The van der Waals surface area contributed by atoms with Crippen LogP contribution in [0, 0.1) is 5.82 Å². The first-order valence-electron chi connectivity index (χ1n) is 6.83. The molecule has 1 aliphatic carbocycles. The molecule has 3 nitrogen and oxygen atoms in total. The van der Waals surface area contributed by atoms with Gasteiger partial charge in [-0.3, -0.25) is 4.79 Å². The molecule has 1 aliphatic rings. The van der Waals surface area contributed by atoms with Crippen LogP contribution in [0.3, 0.4) is 0 Å². The summed E-state index contributed by atoms with van der Waals surface area (Å²) in [5.74, 6) is -0.229. The molecule has 2 rings (SSSR count). The van der Waals surface area contributed by atoms with E-state index in [4.69, 9.17) is 5.73 Å². The number of hydrogen-bond acceptors (Lipinski definition) is 2. The minimum atomic E-state index is -0.279. The molecule has 2 atom stereocenters. The van der Waals surface area contributed by atoms with Crippen molar-refractivity contribution >= 4 is 5.91 Å². The minimum absolute atomic E-state index is 0.0500. The Labute approximate surface area is 113 Å². The Bertz CT molecular complexity index is 432. The Morgan fingerprint density at radius 1 is 1.32 bits per heavy atom. The molecule has 0 radical (unpaired) electrons. The summed E-state index contributed by atoms with van der Waals surface area (Å²) in [5, 5.41) is 0. The molecule has 2 N–H and O–H groups in total. The van der Waals surface area contributed by atoms with Gasteiger partial charge in [-0.2, -0.15) is 0 Å². The predicted molar refractivity (Wildman–Crippen MR) is 73.1 cm³/mol. The molecule has 1 fully saturated rings. The standard InChI is InChI=1S/C15H21FN2O/c1-18(14-5-3-2-4-13(14)17)15(19)10-11-6-8-12(16)9-7-11/h6-9,13-14H,2-5,10,17H2,1H3. The molecule has 1 saturated carbocycles. The van der Waals surface area contributed by atoms with Crippen LogP contribution in [0.15, 0.2) is 24.3 Å². The fourth-order valence-electron chi connectivity index (χ4n) is 2.71. The topological polar surface area (TPSA) is 46.3 Å². The monoisotopic (exact) mass is 264 g/mol. The highest BCUT2D eigenvalue weighted by Gasteiger charge is 2.28. The number of nitrogens with zero attached hydrogens (tertiary/aromatic N) is 1. The average molecular weight is 264 g/mol. The largest absolute Gasteiger partial charge is 0.341 e. The van der Waals surface area contributed by atoms with Crippen molar-refractivity contribution in [2.45, 2.75) is 44.2 Å². The second-order valence-corrected chi connectivity index (χ2v) is 5.32. The zero-order valence-corrected chi connectivity index (χ0v) is 11.3. The fraction of sp³-hybridized carbons (Fsp3) is 0.533. The van der Waals surface area contributed by atoms with Gasteiger partial charge in [0.2, 0.25) is 5.91 Å². The number of benzene rings is 1. The summed E-state index contributed by atoms with van der Waals surface area (Å²) in [6, 6.07) is 6.30. The van der Waals surface area contributed by atoms with Crippen molar-refractivity contribution in [2.24, 2.45) is 5.73 Å². The van der Waals surface area contributed by atoms with E-state index in [1.54, 1.807) is 17.0 Å². The van der Waals surface area contributed by atoms with Crippen molar-refractivity contribution < 1.29 is 9.18 Å². The molecule has 1 aromatic rings. The molecule has 0 saturated heterocycles. The molecule has 0 bridgehead atoms. The van der Waals surface area contributed by atoms with Gasteiger partial charge < -0.3 is 10.6 Å². The summed E-state index contributed by atoms with van der Waals surface area (Å²) in [4.78, 5) is 14.0. The summed E-state index contributed by atoms with van der Waals surface area (Å²) in [6.45, 7) is 0. The Hall–Kier alpha value is -1.42. The van der Waals surface area contributed by atoms with Crippen molar-refractivity contribution in [3.8, 4) is 0 Å². The number of likely N-dealkylation sites (N-methyl/N-ethyl adjacent to an activating group) is 1. The molecule has 1 aromatic carbocycles. The smallest absolute Gasteiger partial charge is 0.227 e. The van der Waals surface area contributed by atoms with Crippen LogP contribution in [0.25, 0.3) is 0 Å². The van der Waals surface area contributed by atoms with Gasteiger partial charge in [0, 0.05) is 19.1 Å². The highest BCUT2D eigenvalue weighted by atomic mass is 19.1. The van der Waals surface area contributed by atoms with Gasteiger partial charge in [0.05, 0.1) is 6.42 Å². The lowest BCUT2D eigenvalue weighted by molar-refractivity contribution is -0.132. The van der Waals surface area contributed by atoms with Gasteiger partial charge in [-0.25, -0.2) is 4.39 Å². The van der Waals surface area contributed by atoms with Crippen LogP contribution in [0.2, 0.25) is 0 Å². The van der Waals surface area contributed by atoms with Gasteiger partial charge in [0.25, 0.3) is 0 Å². The van der Waals surface area contributed by atoms with Crippen molar-refractivity contribution in [2.75, 3.05) is 7.05 Å². The van der Waals surface area contributed by atoms with E-state index in [0.29, 0.717) is 6.42 Å². The molecule has 0 aromatic heterocycles. The number of rotatable bonds is 3. The molecule has 1 amide bonds. The summed E-state index contributed by atoms with van der Waals surface area (Å²) in [7, 11) is 1.82. The van der Waals surface area contributed by atoms with Gasteiger partial charge in [-0.15, -0.1) is 0 Å². The first-order chi connectivity index (χ1) is 9.08. The molecule has 0 heterocycles. The first-order valence-corrected chi connectivity index (χ1v) is 6.83. The molecule has 0 aliphatic heterocycles. The third-order valence-electron chi connectivity index (χ3n) is 3.94. The number of carbonyl (C=O) groups is 1. The third kappa shape index (κ3) is 3.53. The fourth-order valence-corrected chi connectivity index (χ4v) is 2.71. The van der Waals surface area contributed by atoms with Crippen molar-refractivity contribution in [1.29, 1.82) is 0 Å². The molecule has 19 heavy (non-hydrogen) atoms. The zero-order chi connectivity index (χ0) is 13.8. The highest BCUT2D eigenvalue weighted by Crippen LogP contribution is 2.21. The lowest BCUT2D eigenvalue weighted by Gasteiger charge is -2.36. The van der Waals surface area contributed by atoms with Crippen LogP contribution in [0.1, 0.15) is 31.2 Å². The van der Waals surface area contributed by atoms with Crippen LogP contribution < -0.4 is 5.73 Å². The number of hydrogen-bond donors (Lipinski definition) is 1. The molecule has 104 valence electrons. The zero-order valence-electron chi connectivity index (χ0n) is 11.3. The van der Waals surface area contributed by atoms with Crippen LogP contribution in [0.5, 0.6) is 0 Å². The number of carbonyl (C=O) groups excluding carboxylic acids is 1. The molecule has 2 unspecified atom stereocenters. The number of halogens is 1. The average Bonchev–Trinajstić information content (AvgIpc) is 2.41. The van der Waals surface area contributed by atoms with E-state index >= 15 is 0 Å². The van der Waals surface area contributed by atoms with Gasteiger partial charge in [0.1, 0.15) is 5.82 Å². The van der Waals surface area contributed by atoms with Gasteiger partial charge >= 0.3 is 0 Å². The molecule has 4 heteroatoms. The van der Waals surface area contributed by atoms with Gasteiger partial charge in [-0.05, 0) is 30.5 Å². The van der Waals surface area contributed by atoms with Crippen LogP contribution in [0.4, 0.5) is 4.39 Å². The highest BCUT2D eigenvalue weighted by molar-refractivity contribution is 5.78. The summed E-state index contributed by atoms with van der Waals surface area (Å²) < 4.78 is 12.8. The maximum atomic E-state index is 12.8. The van der Waals surface area contributed by atoms with E-state index in [9.17, 15) is 9.18 Å². The third-order valence-corrected chi connectivity index (χ3v) is 3.94. The maximum Gasteiger partial charge on any atom is 0.227 e. The first kappa shape index (κ1) is 14.0. The van der Waals surface area contributed by atoms with Crippen LogP contribution >= 0.6 is 0 Å². The van der Waals surface area contributed by atoms with E-state index in [2.05, 4.69) is 0 Å². The number of amides is 1. The van der Waals surface area contributed by atoms with Crippen LogP contribution in [-0.4, -0.2) is 29.9 Å². The van der Waals surface area contributed by atoms with E-state index in [-0.39, 0.29) is 23.8 Å². The van der Waals surface area contributed by atoms with Crippen molar-refractivity contribution in [3.63, 3.8) is 0 Å². The van der Waals surface area contributed by atoms with E-state index in [0.717, 1.165) is 31.2 Å². The summed E-state index contributed by atoms with van der Waals surface area (Å²) in [5.41, 5.74) is 6.92. The van der Waals surface area contributed by atoms with Crippen molar-refractivity contribution in [3.05, 3.63) is 35.6 Å².